The molecule has 2 aromatic rings. The zero-order valence-corrected chi connectivity index (χ0v) is 12.6. The minimum atomic E-state index is 0.114. The number of ether oxygens (including phenoxy) is 1. The van der Waals surface area contributed by atoms with E-state index in [-0.39, 0.29) is 6.04 Å². The minimum Gasteiger partial charge on any atom is -0.486 e. The molecule has 0 fully saturated rings. The van der Waals surface area contributed by atoms with Gasteiger partial charge < -0.3 is 15.0 Å². The molecule has 0 aliphatic rings. The lowest BCUT2D eigenvalue weighted by Gasteiger charge is -2.10. The van der Waals surface area contributed by atoms with Crippen molar-refractivity contribution in [1.29, 1.82) is 0 Å². The van der Waals surface area contributed by atoms with Gasteiger partial charge in [-0.05, 0) is 44.0 Å². The predicted octanol–water partition coefficient (Wildman–Crippen LogP) is 3.21. The molecule has 19 heavy (non-hydrogen) atoms. The van der Waals surface area contributed by atoms with E-state index in [1.165, 1.54) is 0 Å². The molecule has 102 valence electrons. The zero-order chi connectivity index (χ0) is 13.8. The highest BCUT2D eigenvalue weighted by Gasteiger charge is 2.07. The first-order chi connectivity index (χ1) is 9.04. The first-order valence-electron chi connectivity index (χ1n) is 6.13. The summed E-state index contributed by atoms with van der Waals surface area (Å²) in [6, 6.07) is 7.86. The van der Waals surface area contributed by atoms with Crippen LogP contribution in [0.1, 0.15) is 23.9 Å². The van der Waals surface area contributed by atoms with Gasteiger partial charge in [0.1, 0.15) is 12.4 Å². The standard InChI is InChI=1S/C14H17BrN2O2/c1-9(16)5-11-7-12(3-4-14(11)15)18-8-13-6-10(2)17-19-13/h3-4,6-7,9H,5,8,16H2,1-2H3. The summed E-state index contributed by atoms with van der Waals surface area (Å²) in [6.45, 7) is 4.24. The summed E-state index contributed by atoms with van der Waals surface area (Å²) in [6.07, 6.45) is 0.805. The van der Waals surface area contributed by atoms with E-state index < -0.39 is 0 Å². The van der Waals surface area contributed by atoms with Crippen molar-refractivity contribution in [3.8, 4) is 5.75 Å². The molecule has 1 aromatic carbocycles. The van der Waals surface area contributed by atoms with Gasteiger partial charge in [0.05, 0.1) is 5.69 Å². The van der Waals surface area contributed by atoms with Gasteiger partial charge >= 0.3 is 0 Å². The van der Waals surface area contributed by atoms with Crippen LogP contribution in [0, 0.1) is 6.92 Å². The van der Waals surface area contributed by atoms with Crippen LogP contribution < -0.4 is 10.5 Å². The zero-order valence-electron chi connectivity index (χ0n) is 11.0. The summed E-state index contributed by atoms with van der Waals surface area (Å²) in [7, 11) is 0. The van der Waals surface area contributed by atoms with Gasteiger partial charge in [0, 0.05) is 16.6 Å². The van der Waals surface area contributed by atoms with Crippen LogP contribution in [0.2, 0.25) is 0 Å². The number of hydrogen-bond donors (Lipinski definition) is 1. The van der Waals surface area contributed by atoms with E-state index in [1.807, 2.05) is 38.1 Å². The summed E-state index contributed by atoms with van der Waals surface area (Å²) in [4.78, 5) is 0. The fourth-order valence-electron chi connectivity index (χ4n) is 1.78. The second kappa shape index (κ2) is 6.21. The molecular formula is C14H17BrN2O2. The van der Waals surface area contributed by atoms with Crippen LogP contribution in [0.15, 0.2) is 33.3 Å². The molecule has 1 aromatic heterocycles. The van der Waals surface area contributed by atoms with Crippen molar-refractivity contribution in [2.45, 2.75) is 32.9 Å². The van der Waals surface area contributed by atoms with Crippen molar-refractivity contribution in [2.75, 3.05) is 0 Å². The fraction of sp³-hybridized carbons (Fsp3) is 0.357. The van der Waals surface area contributed by atoms with Crippen molar-refractivity contribution < 1.29 is 9.26 Å². The SMILES string of the molecule is Cc1cc(COc2ccc(Br)c(CC(C)N)c2)on1. The number of aromatic nitrogens is 1. The summed E-state index contributed by atoms with van der Waals surface area (Å²) in [5.74, 6) is 1.52. The average Bonchev–Trinajstić information content (AvgIpc) is 2.75. The number of hydrogen-bond acceptors (Lipinski definition) is 4. The maximum absolute atomic E-state index is 5.83. The van der Waals surface area contributed by atoms with Gasteiger partial charge in [-0.1, -0.05) is 21.1 Å². The van der Waals surface area contributed by atoms with Crippen LogP contribution in [-0.4, -0.2) is 11.2 Å². The Morgan fingerprint density at radius 1 is 1.42 bits per heavy atom. The molecule has 1 heterocycles. The summed E-state index contributed by atoms with van der Waals surface area (Å²) in [5.41, 5.74) is 7.82. The van der Waals surface area contributed by atoms with Gasteiger partial charge in [-0.25, -0.2) is 0 Å². The molecule has 0 aliphatic heterocycles. The Balaban J connectivity index is 2.04. The van der Waals surface area contributed by atoms with Crippen molar-refractivity contribution in [3.63, 3.8) is 0 Å². The maximum Gasteiger partial charge on any atom is 0.174 e. The number of nitrogens with two attached hydrogens (primary N) is 1. The topological polar surface area (TPSA) is 61.3 Å². The van der Waals surface area contributed by atoms with E-state index in [4.69, 9.17) is 15.0 Å². The Morgan fingerprint density at radius 2 is 2.21 bits per heavy atom. The highest BCUT2D eigenvalue weighted by molar-refractivity contribution is 9.10. The number of nitrogens with zero attached hydrogens (tertiary/aromatic N) is 1. The molecule has 0 saturated heterocycles. The Kier molecular flexibility index (Phi) is 4.61. The Morgan fingerprint density at radius 3 is 2.84 bits per heavy atom. The molecule has 0 radical (unpaired) electrons. The summed E-state index contributed by atoms with van der Waals surface area (Å²) in [5, 5.41) is 3.82. The molecular weight excluding hydrogens is 308 g/mol. The number of halogens is 1. The molecule has 5 heteroatoms. The van der Waals surface area contributed by atoms with Crippen LogP contribution in [0.3, 0.4) is 0 Å². The van der Waals surface area contributed by atoms with Gasteiger partial charge in [0.2, 0.25) is 0 Å². The smallest absolute Gasteiger partial charge is 0.174 e. The van der Waals surface area contributed by atoms with E-state index in [2.05, 4.69) is 21.1 Å². The van der Waals surface area contributed by atoms with Crippen LogP contribution in [0.5, 0.6) is 5.75 Å². The lowest BCUT2D eigenvalue weighted by Crippen LogP contribution is -2.18. The third-order valence-electron chi connectivity index (χ3n) is 2.62. The monoisotopic (exact) mass is 324 g/mol. The van der Waals surface area contributed by atoms with Crippen molar-refractivity contribution in [2.24, 2.45) is 5.73 Å². The Hall–Kier alpha value is -1.33. The molecule has 0 aliphatic carbocycles. The normalized spacial score (nSPS) is 12.4. The second-order valence-electron chi connectivity index (χ2n) is 4.66. The van der Waals surface area contributed by atoms with E-state index in [0.29, 0.717) is 12.4 Å². The van der Waals surface area contributed by atoms with Gasteiger partial charge in [0.15, 0.2) is 5.76 Å². The predicted molar refractivity (Wildman–Crippen MR) is 77.1 cm³/mol. The summed E-state index contributed by atoms with van der Waals surface area (Å²) >= 11 is 3.52. The molecule has 1 atom stereocenters. The van der Waals surface area contributed by atoms with Crippen molar-refractivity contribution in [1.82, 2.24) is 5.16 Å². The van der Waals surface area contributed by atoms with Crippen molar-refractivity contribution >= 4 is 15.9 Å². The lowest BCUT2D eigenvalue weighted by molar-refractivity contribution is 0.248. The second-order valence-corrected chi connectivity index (χ2v) is 5.51. The molecule has 2 rings (SSSR count). The molecule has 4 nitrogen and oxygen atoms in total. The molecule has 0 spiro atoms. The highest BCUT2D eigenvalue weighted by Crippen LogP contribution is 2.24. The third-order valence-corrected chi connectivity index (χ3v) is 3.39. The van der Waals surface area contributed by atoms with Gasteiger partial charge in [0.25, 0.3) is 0 Å². The summed E-state index contributed by atoms with van der Waals surface area (Å²) < 4.78 is 11.8. The van der Waals surface area contributed by atoms with Crippen LogP contribution >= 0.6 is 15.9 Å². The highest BCUT2D eigenvalue weighted by atomic mass is 79.9. The van der Waals surface area contributed by atoms with E-state index in [9.17, 15) is 0 Å². The van der Waals surface area contributed by atoms with Gasteiger partial charge in [-0.3, -0.25) is 0 Å². The number of aryl methyl sites for hydroxylation is 1. The van der Waals surface area contributed by atoms with E-state index >= 15 is 0 Å². The van der Waals surface area contributed by atoms with E-state index in [1.54, 1.807) is 0 Å². The molecule has 0 amide bonds. The van der Waals surface area contributed by atoms with Gasteiger partial charge in [-0.2, -0.15) is 0 Å². The molecule has 1 unspecified atom stereocenters. The quantitative estimate of drug-likeness (QED) is 0.917. The molecule has 0 bridgehead atoms. The number of rotatable bonds is 5. The van der Waals surface area contributed by atoms with Gasteiger partial charge in [-0.15, -0.1) is 0 Å². The van der Waals surface area contributed by atoms with Crippen molar-refractivity contribution in [3.05, 3.63) is 45.8 Å². The third kappa shape index (κ3) is 4.08. The lowest BCUT2D eigenvalue weighted by atomic mass is 10.1. The maximum atomic E-state index is 5.83. The molecule has 0 saturated carbocycles. The fourth-order valence-corrected chi connectivity index (χ4v) is 2.19. The average molecular weight is 325 g/mol. The Labute approximate surface area is 121 Å². The minimum absolute atomic E-state index is 0.114. The van der Waals surface area contributed by atoms with Crippen LogP contribution in [0.25, 0.3) is 0 Å². The molecule has 2 N–H and O–H groups in total. The van der Waals surface area contributed by atoms with Crippen LogP contribution in [-0.2, 0) is 13.0 Å². The van der Waals surface area contributed by atoms with Crippen LogP contribution in [0.4, 0.5) is 0 Å². The largest absolute Gasteiger partial charge is 0.486 e. The Bertz CT molecular complexity index is 552. The number of benzene rings is 1. The first kappa shape index (κ1) is 14.1. The first-order valence-corrected chi connectivity index (χ1v) is 6.93. The van der Waals surface area contributed by atoms with E-state index in [0.717, 1.165) is 27.9 Å².